The molecule has 0 amide bonds. The lowest BCUT2D eigenvalue weighted by Gasteiger charge is -2.26. The molecule has 1 heterocycles. The van der Waals surface area contributed by atoms with E-state index in [1.54, 1.807) is 0 Å². The molecule has 0 unspecified atom stereocenters. The van der Waals surface area contributed by atoms with Crippen LogP contribution in [-0.2, 0) is 35.5 Å². The van der Waals surface area contributed by atoms with Gasteiger partial charge in [-0.15, -0.1) is 0 Å². The van der Waals surface area contributed by atoms with Gasteiger partial charge in [-0.2, -0.15) is 0 Å². The maximum atomic E-state index is 14.5. The van der Waals surface area contributed by atoms with Crippen LogP contribution in [0.5, 0.6) is 0 Å². The van der Waals surface area contributed by atoms with Gasteiger partial charge in [0.15, 0.2) is 0 Å². The number of unbranched alkanes of at least 4 members (excludes halogenated alkanes) is 4. The first-order chi connectivity index (χ1) is 33.8. The van der Waals surface area contributed by atoms with Crippen molar-refractivity contribution in [2.45, 2.75) is 115 Å². The SMILES string of the molecule is CCCCc1ccc(N(c2ccc(CCCC)cc2)c2ccc(-c3ccc4c(c3)S(=O)(=O)c3cc(-c5ccc(N(c6ccc(CCCC)cc6)c6ccc(CCCC)cc6)cc5)ccc3-4)cc2)cc1. The van der Waals surface area contributed by atoms with E-state index in [1.807, 2.05) is 24.3 Å². The molecule has 4 nitrogen and oxygen atoms in total. The van der Waals surface area contributed by atoms with E-state index in [-0.39, 0.29) is 0 Å². The number of hydrogen-bond acceptors (Lipinski definition) is 4. The second-order valence-electron chi connectivity index (χ2n) is 18.8. The molecular formula is C64H66N2O2S. The Morgan fingerprint density at radius 2 is 0.536 bits per heavy atom. The summed E-state index contributed by atoms with van der Waals surface area (Å²) in [5.41, 5.74) is 17.1. The highest BCUT2D eigenvalue weighted by molar-refractivity contribution is 7.92. The van der Waals surface area contributed by atoms with Gasteiger partial charge in [-0.05, 0) is 181 Å². The summed E-state index contributed by atoms with van der Waals surface area (Å²) in [5, 5.41) is 0. The second kappa shape index (κ2) is 21.7. The fraction of sp³-hybridized carbons (Fsp3) is 0.250. The van der Waals surface area contributed by atoms with Crippen LogP contribution in [0.1, 0.15) is 101 Å². The van der Waals surface area contributed by atoms with E-state index in [0.29, 0.717) is 9.79 Å². The van der Waals surface area contributed by atoms with Gasteiger partial charge in [-0.3, -0.25) is 0 Å². The molecule has 0 bridgehead atoms. The van der Waals surface area contributed by atoms with Crippen molar-refractivity contribution in [1.82, 2.24) is 0 Å². The monoisotopic (exact) mass is 926 g/mol. The topological polar surface area (TPSA) is 40.6 Å². The van der Waals surface area contributed by atoms with Crippen LogP contribution >= 0.6 is 0 Å². The summed E-state index contributed by atoms with van der Waals surface area (Å²) in [6.45, 7) is 8.94. The van der Waals surface area contributed by atoms with Crippen LogP contribution < -0.4 is 9.80 Å². The zero-order valence-corrected chi connectivity index (χ0v) is 41.7. The molecule has 0 spiro atoms. The second-order valence-corrected chi connectivity index (χ2v) is 20.7. The molecule has 69 heavy (non-hydrogen) atoms. The zero-order valence-electron chi connectivity index (χ0n) is 40.9. The molecule has 8 aromatic rings. The van der Waals surface area contributed by atoms with Gasteiger partial charge in [0.2, 0.25) is 9.84 Å². The standard InChI is InChI=1S/C64H66N2O2S/c1-5-9-13-47-17-31-55(32-18-47)65(56-33-19-48(20-34-56)14-10-6-2)59-39-25-51(26-40-59)53-29-43-61-62-44-30-54(46-64(62)69(67,68)63(61)45-53)52-27-41-60(42-28-52)66(57-35-21-49(22-36-57)15-11-7-3)58-37-23-50(24-38-58)16-12-8-4/h17-46H,5-16H2,1-4H3. The van der Waals surface area contributed by atoms with Gasteiger partial charge in [-0.25, -0.2) is 8.42 Å². The Hall–Kier alpha value is -6.69. The van der Waals surface area contributed by atoms with Crippen LogP contribution in [0, 0.1) is 0 Å². The van der Waals surface area contributed by atoms with Gasteiger partial charge in [-0.1, -0.05) is 150 Å². The summed E-state index contributed by atoms with van der Waals surface area (Å²) in [6, 6.07) is 64.6. The van der Waals surface area contributed by atoms with E-state index in [2.05, 4.69) is 195 Å². The summed E-state index contributed by atoms with van der Waals surface area (Å²) < 4.78 is 28.9. The molecule has 1 aliphatic heterocycles. The van der Waals surface area contributed by atoms with Gasteiger partial charge in [0.1, 0.15) is 0 Å². The molecule has 0 N–H and O–H groups in total. The summed E-state index contributed by atoms with van der Waals surface area (Å²) in [4.78, 5) is 5.33. The van der Waals surface area contributed by atoms with Crippen LogP contribution in [-0.4, -0.2) is 8.42 Å². The fourth-order valence-corrected chi connectivity index (χ4v) is 11.4. The van der Waals surface area contributed by atoms with E-state index >= 15 is 0 Å². The van der Waals surface area contributed by atoms with Crippen molar-refractivity contribution >= 4 is 44.0 Å². The van der Waals surface area contributed by atoms with Crippen molar-refractivity contribution in [3.63, 3.8) is 0 Å². The van der Waals surface area contributed by atoms with Gasteiger partial charge < -0.3 is 9.80 Å². The van der Waals surface area contributed by atoms with Crippen LogP contribution in [0.2, 0.25) is 0 Å². The normalized spacial score (nSPS) is 12.4. The highest BCUT2D eigenvalue weighted by atomic mass is 32.2. The molecule has 0 aliphatic carbocycles. The lowest BCUT2D eigenvalue weighted by Crippen LogP contribution is -2.10. The Balaban J connectivity index is 0.970. The minimum atomic E-state index is -3.77. The molecule has 0 saturated carbocycles. The van der Waals surface area contributed by atoms with Crippen molar-refractivity contribution in [3.05, 3.63) is 204 Å². The third-order valence-electron chi connectivity index (χ3n) is 13.8. The lowest BCUT2D eigenvalue weighted by molar-refractivity contribution is 0.598. The average molecular weight is 927 g/mol. The van der Waals surface area contributed by atoms with Crippen molar-refractivity contribution < 1.29 is 8.42 Å². The van der Waals surface area contributed by atoms with Crippen molar-refractivity contribution in [2.24, 2.45) is 0 Å². The molecule has 5 heteroatoms. The summed E-state index contributed by atoms with van der Waals surface area (Å²) in [7, 11) is -3.77. The Kier molecular flexibility index (Phi) is 14.9. The number of fused-ring (bicyclic) bond motifs is 3. The Labute approximate surface area is 412 Å². The number of hydrogen-bond donors (Lipinski definition) is 0. The highest BCUT2D eigenvalue weighted by Gasteiger charge is 2.33. The Bertz CT molecular complexity index is 2760. The van der Waals surface area contributed by atoms with Gasteiger partial charge in [0.25, 0.3) is 0 Å². The highest BCUT2D eigenvalue weighted by Crippen LogP contribution is 2.47. The molecule has 0 radical (unpaired) electrons. The molecule has 8 aromatic carbocycles. The van der Waals surface area contributed by atoms with E-state index < -0.39 is 9.84 Å². The predicted molar refractivity (Wildman–Crippen MR) is 292 cm³/mol. The summed E-state index contributed by atoms with van der Waals surface area (Å²) in [6.07, 6.45) is 13.8. The largest absolute Gasteiger partial charge is 0.311 e. The molecule has 0 aromatic heterocycles. The summed E-state index contributed by atoms with van der Waals surface area (Å²) >= 11 is 0. The van der Waals surface area contributed by atoms with Crippen LogP contribution in [0.15, 0.2) is 192 Å². The average Bonchev–Trinajstić information content (AvgIpc) is 3.62. The van der Waals surface area contributed by atoms with E-state index in [1.165, 1.54) is 73.6 Å². The van der Waals surface area contributed by atoms with Crippen LogP contribution in [0.4, 0.5) is 34.1 Å². The molecule has 350 valence electrons. The van der Waals surface area contributed by atoms with E-state index in [4.69, 9.17) is 0 Å². The maximum absolute atomic E-state index is 14.5. The van der Waals surface area contributed by atoms with Crippen LogP contribution in [0.25, 0.3) is 33.4 Å². The first-order valence-corrected chi connectivity index (χ1v) is 27.0. The van der Waals surface area contributed by atoms with Gasteiger partial charge >= 0.3 is 0 Å². The van der Waals surface area contributed by atoms with Gasteiger partial charge in [0, 0.05) is 45.3 Å². The number of nitrogens with zero attached hydrogens (tertiary/aromatic N) is 2. The van der Waals surface area contributed by atoms with Crippen molar-refractivity contribution in [3.8, 4) is 33.4 Å². The first-order valence-electron chi connectivity index (χ1n) is 25.5. The molecular weight excluding hydrogens is 861 g/mol. The molecule has 9 rings (SSSR count). The van der Waals surface area contributed by atoms with E-state index in [0.717, 1.165) is 93.2 Å². The fourth-order valence-electron chi connectivity index (χ4n) is 9.68. The lowest BCUT2D eigenvalue weighted by atomic mass is 9.97. The first kappa shape index (κ1) is 47.4. The number of rotatable bonds is 20. The number of benzene rings is 8. The number of aryl methyl sites for hydroxylation is 4. The van der Waals surface area contributed by atoms with E-state index in [9.17, 15) is 8.42 Å². The molecule has 0 fully saturated rings. The molecule has 1 aliphatic rings. The third kappa shape index (κ3) is 10.5. The molecule has 0 atom stereocenters. The minimum Gasteiger partial charge on any atom is -0.311 e. The van der Waals surface area contributed by atoms with Crippen LogP contribution in [0.3, 0.4) is 0 Å². The maximum Gasteiger partial charge on any atom is 0.207 e. The van der Waals surface area contributed by atoms with Crippen molar-refractivity contribution in [1.29, 1.82) is 0 Å². The Morgan fingerprint density at radius 3 is 0.783 bits per heavy atom. The summed E-state index contributed by atoms with van der Waals surface area (Å²) in [5.74, 6) is 0. The third-order valence-corrected chi connectivity index (χ3v) is 15.6. The van der Waals surface area contributed by atoms with Gasteiger partial charge in [0.05, 0.1) is 9.79 Å². The molecule has 0 saturated heterocycles. The zero-order chi connectivity index (χ0) is 47.7. The van der Waals surface area contributed by atoms with Crippen molar-refractivity contribution in [2.75, 3.05) is 9.80 Å². The quantitative estimate of drug-likeness (QED) is 0.0764. The smallest absolute Gasteiger partial charge is 0.207 e. The minimum absolute atomic E-state index is 0.358. The number of sulfone groups is 1. The Morgan fingerprint density at radius 1 is 0.304 bits per heavy atom. The number of anilines is 6. The predicted octanol–water partition coefficient (Wildman–Crippen LogP) is 18.1.